The van der Waals surface area contributed by atoms with Gasteiger partial charge in [-0.1, -0.05) is 109 Å². The van der Waals surface area contributed by atoms with Crippen LogP contribution in [-0.2, 0) is 0 Å². The van der Waals surface area contributed by atoms with Gasteiger partial charge >= 0.3 is 0 Å². The van der Waals surface area contributed by atoms with Gasteiger partial charge in [0.15, 0.2) is 0 Å². The van der Waals surface area contributed by atoms with Crippen molar-refractivity contribution in [1.29, 1.82) is 0 Å². The lowest BCUT2D eigenvalue weighted by molar-refractivity contribution is 1.17. The average molecular weight is 624 g/mol. The standard InChI is InChI=1S/C46H29N3/c1-3-13-31(14-4-1)47-40-21-11-8-18-37(40)44-42(47)27-28-43-45(44)38-19-9-12-22-41(38)48(43)33-24-26-34-30(29-33)23-25-36-35-17-7-10-20-39(35)49(46(34)36)32-15-5-2-6-16-32/h1-29H. The van der Waals surface area contributed by atoms with E-state index in [1.807, 2.05) is 0 Å². The van der Waals surface area contributed by atoms with Crippen molar-refractivity contribution in [3.8, 4) is 17.1 Å². The number of hydrogen-bond donors (Lipinski definition) is 0. The number of nitrogens with zero attached hydrogens (tertiary/aromatic N) is 3. The summed E-state index contributed by atoms with van der Waals surface area (Å²) in [5, 5.41) is 10.1. The summed E-state index contributed by atoms with van der Waals surface area (Å²) in [5.74, 6) is 0. The van der Waals surface area contributed by atoms with Crippen molar-refractivity contribution in [3.63, 3.8) is 0 Å². The van der Waals surface area contributed by atoms with Gasteiger partial charge in [-0.05, 0) is 72.1 Å². The zero-order valence-electron chi connectivity index (χ0n) is 26.6. The molecule has 3 heterocycles. The van der Waals surface area contributed by atoms with Crippen LogP contribution < -0.4 is 0 Å². The van der Waals surface area contributed by atoms with Crippen molar-refractivity contribution in [3.05, 3.63) is 176 Å². The van der Waals surface area contributed by atoms with Crippen LogP contribution in [0.3, 0.4) is 0 Å². The second-order valence-corrected chi connectivity index (χ2v) is 12.9. The smallest absolute Gasteiger partial charge is 0.0619 e. The summed E-state index contributed by atoms with van der Waals surface area (Å²) in [6.45, 7) is 0. The molecule has 0 bridgehead atoms. The van der Waals surface area contributed by atoms with Gasteiger partial charge in [0.05, 0.1) is 33.1 Å². The Balaban J connectivity index is 1.22. The lowest BCUT2D eigenvalue weighted by Crippen LogP contribution is -1.96. The Hall–Kier alpha value is -6.58. The Morgan fingerprint density at radius 1 is 0.265 bits per heavy atom. The molecule has 0 saturated carbocycles. The summed E-state index contributed by atoms with van der Waals surface area (Å²) in [6.07, 6.45) is 0. The van der Waals surface area contributed by atoms with Gasteiger partial charge in [0.25, 0.3) is 0 Å². The minimum atomic E-state index is 1.16. The van der Waals surface area contributed by atoms with Gasteiger partial charge in [-0.15, -0.1) is 0 Å². The number of para-hydroxylation sites is 5. The number of rotatable bonds is 3. The Morgan fingerprint density at radius 2 is 0.735 bits per heavy atom. The van der Waals surface area contributed by atoms with Crippen molar-refractivity contribution in [1.82, 2.24) is 13.7 Å². The van der Waals surface area contributed by atoms with Crippen molar-refractivity contribution in [2.75, 3.05) is 0 Å². The van der Waals surface area contributed by atoms with Crippen molar-refractivity contribution >= 4 is 76.2 Å². The first-order chi connectivity index (χ1) is 24.3. The molecule has 3 nitrogen and oxygen atoms in total. The molecule has 0 aliphatic heterocycles. The van der Waals surface area contributed by atoms with Gasteiger partial charge < -0.3 is 13.7 Å². The normalized spacial score (nSPS) is 12.1. The minimum absolute atomic E-state index is 1.16. The Kier molecular flexibility index (Phi) is 5.38. The lowest BCUT2D eigenvalue weighted by Gasteiger charge is -2.12. The molecule has 11 rings (SSSR count). The van der Waals surface area contributed by atoms with Crippen LogP contribution in [-0.4, -0.2) is 13.7 Å². The molecule has 3 heteroatoms. The van der Waals surface area contributed by atoms with E-state index in [0.29, 0.717) is 0 Å². The molecule has 49 heavy (non-hydrogen) atoms. The summed E-state index contributed by atoms with van der Waals surface area (Å²) in [7, 11) is 0. The first kappa shape index (κ1) is 26.5. The van der Waals surface area contributed by atoms with Crippen LogP contribution in [0.25, 0.3) is 93.3 Å². The van der Waals surface area contributed by atoms with E-state index in [1.165, 1.54) is 87.6 Å². The summed E-state index contributed by atoms with van der Waals surface area (Å²) in [4.78, 5) is 0. The van der Waals surface area contributed by atoms with Gasteiger partial charge in [-0.25, -0.2) is 0 Å². The van der Waals surface area contributed by atoms with E-state index in [1.54, 1.807) is 0 Å². The number of aromatic nitrogens is 3. The molecular formula is C46H29N3. The van der Waals surface area contributed by atoms with Crippen LogP contribution in [0.2, 0.25) is 0 Å². The molecule has 11 aromatic rings. The van der Waals surface area contributed by atoms with Crippen LogP contribution >= 0.6 is 0 Å². The molecule has 0 unspecified atom stereocenters. The second kappa shape index (κ2) is 9.96. The molecule has 0 fully saturated rings. The van der Waals surface area contributed by atoms with Gasteiger partial charge in [0, 0.05) is 54.8 Å². The van der Waals surface area contributed by atoms with E-state index in [0.717, 1.165) is 5.69 Å². The highest BCUT2D eigenvalue weighted by atomic mass is 15.0. The van der Waals surface area contributed by atoms with Gasteiger partial charge in [0.1, 0.15) is 0 Å². The number of fused-ring (bicyclic) bond motifs is 12. The predicted molar refractivity (Wildman–Crippen MR) is 207 cm³/mol. The molecule has 0 amide bonds. The fourth-order valence-electron chi connectivity index (χ4n) is 8.41. The summed E-state index contributed by atoms with van der Waals surface area (Å²) < 4.78 is 7.28. The van der Waals surface area contributed by atoms with Crippen molar-refractivity contribution < 1.29 is 0 Å². The van der Waals surface area contributed by atoms with Gasteiger partial charge in [-0.2, -0.15) is 0 Å². The number of benzene rings is 8. The SMILES string of the molecule is c1ccc(-n2c3ccccc3c3c4c5ccccc5n(-c5ccc6c(ccc7c8ccccc8n(-c8ccccc8)c67)c5)c4ccc32)cc1. The molecule has 8 aromatic carbocycles. The maximum Gasteiger partial charge on any atom is 0.0619 e. The quantitative estimate of drug-likeness (QED) is 0.186. The van der Waals surface area contributed by atoms with Gasteiger partial charge in [0.2, 0.25) is 0 Å². The van der Waals surface area contributed by atoms with Crippen LogP contribution in [0.4, 0.5) is 0 Å². The second-order valence-electron chi connectivity index (χ2n) is 12.9. The molecular weight excluding hydrogens is 595 g/mol. The Labute approximate surface area is 282 Å². The molecule has 0 aliphatic rings. The topological polar surface area (TPSA) is 14.8 Å². The summed E-state index contributed by atoms with van der Waals surface area (Å²) in [5.41, 5.74) is 10.8. The van der Waals surface area contributed by atoms with Crippen LogP contribution in [0, 0.1) is 0 Å². The molecule has 0 aliphatic carbocycles. The molecule has 0 saturated heterocycles. The first-order valence-corrected chi connectivity index (χ1v) is 16.9. The molecule has 228 valence electrons. The zero-order chi connectivity index (χ0) is 32.1. The first-order valence-electron chi connectivity index (χ1n) is 16.9. The van der Waals surface area contributed by atoms with Gasteiger partial charge in [-0.3, -0.25) is 0 Å². The fraction of sp³-hybridized carbons (Fsp3) is 0. The van der Waals surface area contributed by atoms with E-state index in [2.05, 4.69) is 190 Å². The molecule has 0 atom stereocenters. The average Bonchev–Trinajstić information content (AvgIpc) is 3.81. The number of hydrogen-bond acceptors (Lipinski definition) is 0. The van der Waals surface area contributed by atoms with E-state index in [4.69, 9.17) is 0 Å². The fourth-order valence-corrected chi connectivity index (χ4v) is 8.41. The highest BCUT2D eigenvalue weighted by molar-refractivity contribution is 6.29. The maximum absolute atomic E-state index is 2.45. The van der Waals surface area contributed by atoms with E-state index in [-0.39, 0.29) is 0 Å². The third kappa shape index (κ3) is 3.62. The van der Waals surface area contributed by atoms with E-state index in [9.17, 15) is 0 Å². The maximum atomic E-state index is 2.45. The predicted octanol–water partition coefficient (Wildman–Crippen LogP) is 12.1. The highest BCUT2D eigenvalue weighted by Crippen LogP contribution is 2.43. The van der Waals surface area contributed by atoms with Crippen LogP contribution in [0.1, 0.15) is 0 Å². The van der Waals surface area contributed by atoms with Crippen LogP contribution in [0.15, 0.2) is 176 Å². The lowest BCUT2D eigenvalue weighted by atomic mass is 10.0. The highest BCUT2D eigenvalue weighted by Gasteiger charge is 2.21. The zero-order valence-corrected chi connectivity index (χ0v) is 26.6. The van der Waals surface area contributed by atoms with E-state index >= 15 is 0 Å². The monoisotopic (exact) mass is 623 g/mol. The molecule has 0 radical (unpaired) electrons. The minimum Gasteiger partial charge on any atom is -0.309 e. The van der Waals surface area contributed by atoms with E-state index < -0.39 is 0 Å². The van der Waals surface area contributed by atoms with Crippen molar-refractivity contribution in [2.45, 2.75) is 0 Å². The summed E-state index contributed by atoms with van der Waals surface area (Å²) >= 11 is 0. The summed E-state index contributed by atoms with van der Waals surface area (Å²) in [6, 6.07) is 64.1. The molecule has 0 spiro atoms. The Bertz CT molecular complexity index is 3090. The van der Waals surface area contributed by atoms with Crippen molar-refractivity contribution in [2.24, 2.45) is 0 Å². The largest absolute Gasteiger partial charge is 0.309 e. The molecule has 0 N–H and O–H groups in total. The molecule has 3 aromatic heterocycles. The Morgan fingerprint density at radius 3 is 1.35 bits per heavy atom. The third-order valence-electron chi connectivity index (χ3n) is 10.4. The third-order valence-corrected chi connectivity index (χ3v) is 10.4. The van der Waals surface area contributed by atoms with Crippen LogP contribution in [0.5, 0.6) is 0 Å².